The quantitative estimate of drug-likeness (QED) is 0.666. The molecular formula is C19H21FN4O5S2. The summed E-state index contributed by atoms with van der Waals surface area (Å²) < 4.78 is 68.8. The first-order valence-electron chi connectivity index (χ1n) is 9.23. The van der Waals surface area contributed by atoms with E-state index in [0.29, 0.717) is 12.3 Å². The molecule has 1 fully saturated rings. The fourth-order valence-electron chi connectivity index (χ4n) is 2.97. The number of carbonyl (C=O) groups excluding carboxylic acids is 1. The van der Waals surface area contributed by atoms with Crippen LogP contribution in [0.5, 0.6) is 0 Å². The lowest BCUT2D eigenvalue weighted by atomic mass is 10.2. The number of hydrogen-bond donors (Lipinski definition) is 2. The van der Waals surface area contributed by atoms with Crippen molar-refractivity contribution in [3.05, 3.63) is 53.8 Å². The Morgan fingerprint density at radius 1 is 1.06 bits per heavy atom. The molecule has 0 atom stereocenters. The summed E-state index contributed by atoms with van der Waals surface area (Å²) in [5, 5.41) is 2.42. The monoisotopic (exact) mass is 468 g/mol. The summed E-state index contributed by atoms with van der Waals surface area (Å²) in [7, 11) is -4.79. The number of nitrogens with one attached hydrogen (secondary N) is 2. The van der Waals surface area contributed by atoms with Gasteiger partial charge in [0, 0.05) is 25.7 Å². The number of amidine groups is 1. The molecule has 0 radical (unpaired) electrons. The molecule has 1 aliphatic heterocycles. The summed E-state index contributed by atoms with van der Waals surface area (Å²) >= 11 is 0. The molecule has 1 heterocycles. The number of likely N-dealkylation sites (tertiary alicyclic amines) is 1. The van der Waals surface area contributed by atoms with Gasteiger partial charge in [0.1, 0.15) is 11.7 Å². The van der Waals surface area contributed by atoms with Crippen molar-refractivity contribution in [1.29, 1.82) is 0 Å². The number of hydrogen-bond acceptors (Lipinski definition) is 5. The van der Waals surface area contributed by atoms with Gasteiger partial charge in [-0.2, -0.15) is 8.42 Å². The molecule has 0 saturated carbocycles. The highest BCUT2D eigenvalue weighted by Gasteiger charge is 2.21. The van der Waals surface area contributed by atoms with Crippen LogP contribution in [-0.4, -0.2) is 54.1 Å². The van der Waals surface area contributed by atoms with Crippen LogP contribution in [-0.2, 0) is 20.0 Å². The van der Waals surface area contributed by atoms with E-state index in [-0.39, 0.29) is 15.5 Å². The van der Waals surface area contributed by atoms with Gasteiger partial charge in [-0.3, -0.25) is 4.79 Å². The predicted molar refractivity (Wildman–Crippen MR) is 114 cm³/mol. The molecule has 2 aromatic rings. The summed E-state index contributed by atoms with van der Waals surface area (Å²) in [6.45, 7) is 0.743. The number of benzene rings is 2. The van der Waals surface area contributed by atoms with Crippen LogP contribution in [0.4, 0.5) is 10.1 Å². The van der Waals surface area contributed by atoms with E-state index in [9.17, 15) is 26.0 Å². The Kier molecular flexibility index (Phi) is 6.43. The normalized spacial score (nSPS) is 16.0. The zero-order chi connectivity index (χ0) is 22.8. The van der Waals surface area contributed by atoms with Gasteiger partial charge >= 0.3 is 0 Å². The minimum absolute atomic E-state index is 0.0495. The van der Waals surface area contributed by atoms with E-state index in [4.69, 9.17) is 0 Å². The summed E-state index contributed by atoms with van der Waals surface area (Å²) in [5.74, 6) is -1.29. The lowest BCUT2D eigenvalue weighted by molar-refractivity contribution is 0.102. The van der Waals surface area contributed by atoms with Gasteiger partial charge in [-0.1, -0.05) is 0 Å². The van der Waals surface area contributed by atoms with E-state index >= 15 is 0 Å². The number of halogens is 1. The van der Waals surface area contributed by atoms with Crippen molar-refractivity contribution < 1.29 is 26.0 Å². The van der Waals surface area contributed by atoms with Crippen molar-refractivity contribution >= 4 is 37.5 Å². The Morgan fingerprint density at radius 2 is 1.71 bits per heavy atom. The zero-order valence-electron chi connectivity index (χ0n) is 16.8. The molecule has 0 aromatic heterocycles. The Balaban J connectivity index is 1.80. The first-order valence-corrected chi connectivity index (χ1v) is 12.2. The third kappa shape index (κ3) is 5.09. The van der Waals surface area contributed by atoms with Gasteiger partial charge in [0.05, 0.1) is 15.4 Å². The smallest absolute Gasteiger partial charge is 0.283 e. The second kappa shape index (κ2) is 8.73. The average Bonchev–Trinajstić information content (AvgIpc) is 3.12. The van der Waals surface area contributed by atoms with E-state index in [1.807, 2.05) is 0 Å². The molecule has 1 amide bonds. The van der Waals surface area contributed by atoms with Crippen LogP contribution in [0.3, 0.4) is 0 Å². The number of rotatable bonds is 6. The van der Waals surface area contributed by atoms with Crippen molar-refractivity contribution in [1.82, 2.24) is 9.62 Å². The van der Waals surface area contributed by atoms with Crippen LogP contribution in [0, 0.1) is 5.82 Å². The second-order valence-corrected chi connectivity index (χ2v) is 10.3. The number of amides is 1. The van der Waals surface area contributed by atoms with Gasteiger partial charge in [0.25, 0.3) is 15.9 Å². The molecule has 2 aromatic carbocycles. The van der Waals surface area contributed by atoms with Crippen LogP contribution >= 0.6 is 0 Å². The number of nitrogens with zero attached hydrogens (tertiary/aromatic N) is 2. The van der Waals surface area contributed by atoms with Crippen molar-refractivity contribution in [2.24, 2.45) is 4.40 Å². The Morgan fingerprint density at radius 3 is 2.29 bits per heavy atom. The molecular weight excluding hydrogens is 447 g/mol. The van der Waals surface area contributed by atoms with Crippen LogP contribution in [0.25, 0.3) is 0 Å². The van der Waals surface area contributed by atoms with E-state index in [2.05, 4.69) is 14.4 Å². The minimum atomic E-state index is -3.91. The fourth-order valence-corrected chi connectivity index (χ4v) is 4.82. The lowest BCUT2D eigenvalue weighted by Gasteiger charge is -2.11. The minimum Gasteiger partial charge on any atom is -0.362 e. The number of anilines is 1. The average molecular weight is 469 g/mol. The molecule has 0 unspecified atom stereocenters. The molecule has 2 N–H and O–H groups in total. The molecule has 0 bridgehead atoms. The van der Waals surface area contributed by atoms with Crippen molar-refractivity contribution in [2.45, 2.75) is 22.6 Å². The third-order valence-electron chi connectivity index (χ3n) is 4.73. The molecule has 1 saturated heterocycles. The van der Waals surface area contributed by atoms with Crippen LogP contribution in [0.2, 0.25) is 0 Å². The van der Waals surface area contributed by atoms with E-state index in [1.165, 1.54) is 31.3 Å². The summed E-state index contributed by atoms with van der Waals surface area (Å²) in [6.07, 6.45) is 1.42. The zero-order valence-corrected chi connectivity index (χ0v) is 18.4. The van der Waals surface area contributed by atoms with Crippen molar-refractivity contribution in [3.63, 3.8) is 0 Å². The van der Waals surface area contributed by atoms with Gasteiger partial charge in [-0.05, 0) is 55.9 Å². The summed E-state index contributed by atoms with van der Waals surface area (Å²) in [4.78, 5) is 13.9. The van der Waals surface area contributed by atoms with Crippen LogP contribution in [0.1, 0.15) is 23.2 Å². The molecule has 9 nitrogen and oxygen atoms in total. The molecule has 31 heavy (non-hydrogen) atoms. The summed E-state index contributed by atoms with van der Waals surface area (Å²) in [6, 6.07) is 8.09. The highest BCUT2D eigenvalue weighted by Crippen LogP contribution is 2.21. The lowest BCUT2D eigenvalue weighted by Crippen LogP contribution is -2.20. The van der Waals surface area contributed by atoms with Crippen molar-refractivity contribution in [3.8, 4) is 0 Å². The Labute approximate surface area is 180 Å². The second-order valence-electron chi connectivity index (χ2n) is 6.84. The van der Waals surface area contributed by atoms with Gasteiger partial charge in [-0.15, -0.1) is 4.40 Å². The fraction of sp³-hybridized carbons (Fsp3) is 0.263. The van der Waals surface area contributed by atoms with Crippen LogP contribution in [0.15, 0.2) is 56.7 Å². The Hall–Kier alpha value is -2.83. The topological polar surface area (TPSA) is 125 Å². The van der Waals surface area contributed by atoms with E-state index in [1.54, 1.807) is 11.9 Å². The maximum Gasteiger partial charge on any atom is 0.283 e. The largest absolute Gasteiger partial charge is 0.362 e. The third-order valence-corrected chi connectivity index (χ3v) is 7.46. The Bertz CT molecular complexity index is 1240. The van der Waals surface area contributed by atoms with E-state index < -0.39 is 37.3 Å². The van der Waals surface area contributed by atoms with Gasteiger partial charge in [-0.25, -0.2) is 17.5 Å². The van der Waals surface area contributed by atoms with Crippen molar-refractivity contribution in [2.75, 3.05) is 26.0 Å². The number of carbonyl (C=O) groups is 1. The summed E-state index contributed by atoms with van der Waals surface area (Å²) in [5.41, 5.74) is -0.264. The van der Waals surface area contributed by atoms with Gasteiger partial charge < -0.3 is 10.2 Å². The molecule has 166 valence electrons. The first-order chi connectivity index (χ1) is 14.5. The SMILES string of the molecule is CNS(=O)(=O)c1ccc(F)c(C(=O)Nc2ccc(S(=O)(=O)/N=C3/CCCN3C)cc2)c1. The molecule has 0 spiro atoms. The standard InChI is InChI=1S/C19H21FN4O5S2/c1-21-30(26,27)15-9-10-17(20)16(12-15)19(25)22-13-5-7-14(8-6-13)31(28,29)23-18-4-3-11-24(18)2/h5-10,12,21H,3-4,11H2,1-2H3,(H,22,25)/b23-18-. The molecule has 0 aliphatic carbocycles. The van der Waals surface area contributed by atoms with Gasteiger partial charge in [0.2, 0.25) is 10.0 Å². The molecule has 3 rings (SSSR count). The highest BCUT2D eigenvalue weighted by atomic mass is 32.2. The van der Waals surface area contributed by atoms with Gasteiger partial charge in [0.15, 0.2) is 0 Å². The van der Waals surface area contributed by atoms with E-state index in [0.717, 1.165) is 31.2 Å². The molecule has 12 heteroatoms. The maximum absolute atomic E-state index is 14.1. The predicted octanol–water partition coefficient (Wildman–Crippen LogP) is 1.80. The molecule has 1 aliphatic rings. The number of sulfonamides is 2. The first kappa shape index (κ1) is 22.8. The highest BCUT2D eigenvalue weighted by molar-refractivity contribution is 7.90. The van der Waals surface area contributed by atoms with Crippen LogP contribution < -0.4 is 10.0 Å². The maximum atomic E-state index is 14.1.